The summed E-state index contributed by atoms with van der Waals surface area (Å²) in [4.78, 5) is 25.9. The lowest BCUT2D eigenvalue weighted by atomic mass is 10.2. The van der Waals surface area contributed by atoms with Crippen LogP contribution in [0.25, 0.3) is 0 Å². The van der Waals surface area contributed by atoms with E-state index in [-0.39, 0.29) is 5.56 Å². The third-order valence-corrected chi connectivity index (χ3v) is 3.77. The van der Waals surface area contributed by atoms with E-state index in [1.807, 2.05) is 4.90 Å². The predicted octanol–water partition coefficient (Wildman–Crippen LogP) is -1.32. The first-order valence-electron chi connectivity index (χ1n) is 7.16. The first-order valence-corrected chi connectivity index (χ1v) is 7.16. The van der Waals surface area contributed by atoms with Gasteiger partial charge in [-0.3, -0.25) is 9.36 Å². The molecule has 1 aromatic heterocycles. The number of ether oxygens (including phenoxy) is 1. The molecular weight excluding hydrogens is 274 g/mol. The monoisotopic (exact) mass is 297 g/mol. The van der Waals surface area contributed by atoms with E-state index in [2.05, 4.69) is 10.4 Å². The van der Waals surface area contributed by atoms with Gasteiger partial charge in [-0.05, 0) is 19.4 Å². The van der Waals surface area contributed by atoms with E-state index < -0.39 is 5.69 Å². The van der Waals surface area contributed by atoms with Gasteiger partial charge in [-0.15, -0.1) is 5.10 Å². The number of hydrogen-bond donors (Lipinski definition) is 1. The Bertz CT molecular complexity index is 588. The van der Waals surface area contributed by atoms with Crippen LogP contribution >= 0.6 is 0 Å². The van der Waals surface area contributed by atoms with Crippen LogP contribution in [-0.2, 0) is 18.8 Å². The second kappa shape index (κ2) is 6.86. The SMILES string of the molecule is COCCN(CC1CCCN1)c1nn(C)c(=O)n(C)c1=O. The lowest BCUT2D eigenvalue weighted by molar-refractivity contribution is 0.204. The van der Waals surface area contributed by atoms with Crippen LogP contribution in [0.1, 0.15) is 12.8 Å². The van der Waals surface area contributed by atoms with E-state index >= 15 is 0 Å². The zero-order chi connectivity index (χ0) is 15.4. The molecule has 0 saturated carbocycles. The van der Waals surface area contributed by atoms with Crippen LogP contribution in [-0.4, -0.2) is 53.7 Å². The molecule has 118 valence electrons. The summed E-state index contributed by atoms with van der Waals surface area (Å²) in [6, 6.07) is 0.339. The van der Waals surface area contributed by atoms with E-state index in [1.165, 1.54) is 11.7 Å². The van der Waals surface area contributed by atoms with Crippen molar-refractivity contribution in [2.75, 3.05) is 38.3 Å². The third kappa shape index (κ3) is 3.51. The van der Waals surface area contributed by atoms with Crippen molar-refractivity contribution in [1.82, 2.24) is 19.7 Å². The van der Waals surface area contributed by atoms with Gasteiger partial charge in [0, 0.05) is 40.3 Å². The summed E-state index contributed by atoms with van der Waals surface area (Å²) in [7, 11) is 4.64. The molecule has 8 nitrogen and oxygen atoms in total. The number of anilines is 1. The van der Waals surface area contributed by atoms with E-state index in [0.29, 0.717) is 31.6 Å². The second-order valence-electron chi connectivity index (χ2n) is 5.33. The molecule has 1 aliphatic rings. The average Bonchev–Trinajstić information content (AvgIpc) is 2.98. The molecule has 1 aliphatic heterocycles. The van der Waals surface area contributed by atoms with Gasteiger partial charge in [0.15, 0.2) is 0 Å². The highest BCUT2D eigenvalue weighted by Crippen LogP contribution is 2.10. The number of hydrogen-bond acceptors (Lipinski definition) is 6. The Hall–Kier alpha value is -1.67. The van der Waals surface area contributed by atoms with Gasteiger partial charge in [0.25, 0.3) is 5.56 Å². The quantitative estimate of drug-likeness (QED) is 0.702. The molecule has 2 rings (SSSR count). The summed E-state index contributed by atoms with van der Waals surface area (Å²) < 4.78 is 7.40. The Morgan fingerprint density at radius 2 is 2.19 bits per heavy atom. The predicted molar refractivity (Wildman–Crippen MR) is 79.8 cm³/mol. The van der Waals surface area contributed by atoms with E-state index in [4.69, 9.17) is 4.74 Å². The maximum atomic E-state index is 12.3. The van der Waals surface area contributed by atoms with Crippen molar-refractivity contribution in [3.05, 3.63) is 20.8 Å². The van der Waals surface area contributed by atoms with Gasteiger partial charge >= 0.3 is 5.69 Å². The van der Waals surface area contributed by atoms with Crippen molar-refractivity contribution in [1.29, 1.82) is 0 Å². The molecule has 0 amide bonds. The number of nitrogens with zero attached hydrogens (tertiary/aromatic N) is 4. The number of aryl methyl sites for hydroxylation is 1. The minimum absolute atomic E-state index is 0.297. The summed E-state index contributed by atoms with van der Waals surface area (Å²) in [5, 5.41) is 7.55. The van der Waals surface area contributed by atoms with Gasteiger partial charge in [-0.1, -0.05) is 0 Å². The highest BCUT2D eigenvalue weighted by Gasteiger charge is 2.22. The van der Waals surface area contributed by atoms with Crippen molar-refractivity contribution in [2.24, 2.45) is 14.1 Å². The fraction of sp³-hybridized carbons (Fsp3) is 0.769. The topological polar surface area (TPSA) is 81.4 Å². The molecule has 1 atom stereocenters. The minimum atomic E-state index is -0.422. The van der Waals surface area contributed by atoms with Crippen LogP contribution in [0, 0.1) is 0 Å². The van der Waals surface area contributed by atoms with Crippen molar-refractivity contribution in [2.45, 2.75) is 18.9 Å². The van der Waals surface area contributed by atoms with E-state index in [1.54, 1.807) is 14.2 Å². The Morgan fingerprint density at radius 3 is 2.81 bits per heavy atom. The molecule has 2 heterocycles. The summed E-state index contributed by atoms with van der Waals surface area (Å²) in [5.74, 6) is 0.297. The fourth-order valence-corrected chi connectivity index (χ4v) is 2.54. The van der Waals surface area contributed by atoms with Crippen molar-refractivity contribution >= 4 is 5.82 Å². The fourth-order valence-electron chi connectivity index (χ4n) is 2.54. The zero-order valence-electron chi connectivity index (χ0n) is 12.8. The van der Waals surface area contributed by atoms with Crippen LogP contribution in [0.4, 0.5) is 5.82 Å². The molecule has 0 aromatic carbocycles. The number of rotatable bonds is 6. The van der Waals surface area contributed by atoms with Crippen molar-refractivity contribution in [3.8, 4) is 0 Å². The van der Waals surface area contributed by atoms with Gasteiger partial charge in [0.05, 0.1) is 6.61 Å². The van der Waals surface area contributed by atoms with Crippen LogP contribution in [0.3, 0.4) is 0 Å². The van der Waals surface area contributed by atoms with Gasteiger partial charge in [-0.25, -0.2) is 9.48 Å². The maximum absolute atomic E-state index is 12.3. The molecular formula is C13H23N5O3. The van der Waals surface area contributed by atoms with Crippen LogP contribution in [0.5, 0.6) is 0 Å². The molecule has 0 aliphatic carbocycles. The highest BCUT2D eigenvalue weighted by molar-refractivity contribution is 5.35. The molecule has 1 saturated heterocycles. The zero-order valence-corrected chi connectivity index (χ0v) is 12.8. The first-order chi connectivity index (χ1) is 10.0. The first kappa shape index (κ1) is 15.7. The maximum Gasteiger partial charge on any atom is 0.346 e. The Kier molecular flexibility index (Phi) is 5.13. The number of methoxy groups -OCH3 is 1. The Labute approximate surface area is 123 Å². The molecule has 21 heavy (non-hydrogen) atoms. The summed E-state index contributed by atoms with van der Waals surface area (Å²) >= 11 is 0. The lowest BCUT2D eigenvalue weighted by Gasteiger charge is -2.26. The molecule has 0 radical (unpaired) electrons. The van der Waals surface area contributed by atoms with Gasteiger partial charge in [0.1, 0.15) is 0 Å². The number of aromatic nitrogens is 3. The van der Waals surface area contributed by atoms with Crippen LogP contribution in [0.2, 0.25) is 0 Å². The Balaban J connectivity index is 2.31. The number of nitrogens with one attached hydrogen (secondary N) is 1. The molecule has 8 heteroatoms. The molecule has 1 aromatic rings. The minimum Gasteiger partial charge on any atom is -0.383 e. The van der Waals surface area contributed by atoms with Gasteiger partial charge < -0.3 is 15.0 Å². The molecule has 1 unspecified atom stereocenters. The van der Waals surface area contributed by atoms with Gasteiger partial charge in [-0.2, -0.15) is 0 Å². The van der Waals surface area contributed by atoms with Crippen molar-refractivity contribution < 1.29 is 4.74 Å². The van der Waals surface area contributed by atoms with Crippen molar-refractivity contribution in [3.63, 3.8) is 0 Å². The van der Waals surface area contributed by atoms with E-state index in [9.17, 15) is 9.59 Å². The molecule has 0 bridgehead atoms. The van der Waals surface area contributed by atoms with Gasteiger partial charge in [0.2, 0.25) is 5.82 Å². The smallest absolute Gasteiger partial charge is 0.346 e. The highest BCUT2D eigenvalue weighted by atomic mass is 16.5. The second-order valence-corrected chi connectivity index (χ2v) is 5.33. The summed E-state index contributed by atoms with van der Waals surface area (Å²) in [6.45, 7) is 2.75. The van der Waals surface area contributed by atoms with Crippen LogP contribution in [0.15, 0.2) is 9.59 Å². The molecule has 1 N–H and O–H groups in total. The summed E-state index contributed by atoms with van der Waals surface area (Å²) in [6.07, 6.45) is 2.22. The van der Waals surface area contributed by atoms with Crippen LogP contribution < -0.4 is 21.5 Å². The normalized spacial score (nSPS) is 18.1. The Morgan fingerprint density at radius 1 is 1.43 bits per heavy atom. The third-order valence-electron chi connectivity index (χ3n) is 3.77. The lowest BCUT2D eigenvalue weighted by Crippen LogP contribution is -2.47. The molecule has 0 spiro atoms. The average molecular weight is 297 g/mol. The van der Waals surface area contributed by atoms with E-state index in [0.717, 1.165) is 24.0 Å². The summed E-state index contributed by atoms with van der Waals surface area (Å²) in [5.41, 5.74) is -0.790. The largest absolute Gasteiger partial charge is 0.383 e. The molecule has 1 fully saturated rings. The standard InChI is InChI=1S/C13H23N5O3/c1-16-12(19)11(15-17(2)13(16)20)18(7-8-21-3)9-10-5-4-6-14-10/h10,14H,4-9H2,1-3H3.